The molecule has 19 heteroatoms. The third-order valence-electron chi connectivity index (χ3n) is 14.9. The number of esters is 4. The SMILES string of the molecule is CCC(C)CCCCCCCCC(=O)O[C@H](COC(=O)CCCCCCCCCCC(C)C)COP(=O)(O)OCC(O)COP(=O)(O)OC[C@@H](COC(=O)CCCCCCCCCCCCC(C)C)OC(=O)CCCCCCCCC(C)C. The molecule has 0 heterocycles. The van der Waals surface area contributed by atoms with E-state index in [4.69, 9.17) is 37.0 Å². The van der Waals surface area contributed by atoms with Crippen molar-refractivity contribution in [3.63, 3.8) is 0 Å². The van der Waals surface area contributed by atoms with Gasteiger partial charge in [-0.2, -0.15) is 0 Å². The molecule has 0 aromatic carbocycles. The molecule has 0 aromatic rings. The number of ether oxygens (including phenoxy) is 4. The minimum atomic E-state index is -4.94. The molecule has 0 saturated heterocycles. The van der Waals surface area contributed by atoms with Crippen LogP contribution < -0.4 is 0 Å². The van der Waals surface area contributed by atoms with Gasteiger partial charge in [0.2, 0.25) is 0 Å². The number of unbranched alkanes of at least 4 members (excludes halogenated alkanes) is 26. The molecule has 0 aromatic heterocycles. The summed E-state index contributed by atoms with van der Waals surface area (Å²) in [6.07, 6.45) is 33.7. The Morgan fingerprint density at radius 1 is 0.337 bits per heavy atom. The molecule has 0 bridgehead atoms. The van der Waals surface area contributed by atoms with Crippen molar-refractivity contribution in [1.82, 2.24) is 0 Å². The maximum Gasteiger partial charge on any atom is 0.472 e. The monoisotopic (exact) mass is 1230 g/mol. The van der Waals surface area contributed by atoms with E-state index in [9.17, 15) is 43.2 Å². The zero-order valence-electron chi connectivity index (χ0n) is 53.8. The van der Waals surface area contributed by atoms with Gasteiger partial charge in [0.05, 0.1) is 26.4 Å². The number of hydrogen-bond donors (Lipinski definition) is 3. The zero-order valence-corrected chi connectivity index (χ0v) is 55.6. The van der Waals surface area contributed by atoms with Crippen molar-refractivity contribution < 1.29 is 80.2 Å². The topological polar surface area (TPSA) is 237 Å². The van der Waals surface area contributed by atoms with Gasteiger partial charge in [-0.05, 0) is 49.4 Å². The molecule has 6 atom stereocenters. The summed E-state index contributed by atoms with van der Waals surface area (Å²) in [5.74, 6) is 0.730. The van der Waals surface area contributed by atoms with Crippen LogP contribution in [0.25, 0.3) is 0 Å². The van der Waals surface area contributed by atoms with Crippen molar-refractivity contribution in [3.8, 4) is 0 Å². The van der Waals surface area contributed by atoms with Crippen molar-refractivity contribution in [2.75, 3.05) is 39.6 Å². The maximum atomic E-state index is 13.0. The van der Waals surface area contributed by atoms with Gasteiger partial charge >= 0.3 is 39.5 Å². The molecular formula is C64H124O17P2. The van der Waals surface area contributed by atoms with E-state index in [1.54, 1.807) is 0 Å². The summed E-state index contributed by atoms with van der Waals surface area (Å²) >= 11 is 0. The number of phosphoric acid groups is 2. The second-order valence-electron chi connectivity index (χ2n) is 24.8. The lowest BCUT2D eigenvalue weighted by Gasteiger charge is -2.21. The molecule has 492 valence electrons. The molecule has 0 saturated carbocycles. The Balaban J connectivity index is 5.23. The van der Waals surface area contributed by atoms with Crippen LogP contribution in [0, 0.1) is 23.7 Å². The quantitative estimate of drug-likeness (QED) is 0.0222. The van der Waals surface area contributed by atoms with Crippen molar-refractivity contribution in [2.45, 2.75) is 324 Å². The molecule has 0 amide bonds. The molecule has 0 aliphatic heterocycles. The number of rotatable bonds is 61. The highest BCUT2D eigenvalue weighted by molar-refractivity contribution is 7.47. The van der Waals surface area contributed by atoms with Crippen LogP contribution in [-0.2, 0) is 65.4 Å². The minimum absolute atomic E-state index is 0.101. The highest BCUT2D eigenvalue weighted by atomic mass is 31.2. The van der Waals surface area contributed by atoms with Crippen LogP contribution in [0.5, 0.6) is 0 Å². The Labute approximate surface area is 505 Å². The number of carbonyl (C=O) groups excluding carboxylic acids is 4. The predicted octanol–water partition coefficient (Wildman–Crippen LogP) is 17.4. The first-order valence-electron chi connectivity index (χ1n) is 33.2. The fourth-order valence-electron chi connectivity index (χ4n) is 9.40. The first kappa shape index (κ1) is 81.1. The highest BCUT2D eigenvalue weighted by Gasteiger charge is 2.30. The van der Waals surface area contributed by atoms with Crippen molar-refractivity contribution in [1.29, 1.82) is 0 Å². The summed E-state index contributed by atoms with van der Waals surface area (Å²) in [5, 5.41) is 10.5. The molecule has 0 rings (SSSR count). The zero-order chi connectivity index (χ0) is 61.8. The van der Waals surface area contributed by atoms with E-state index in [1.165, 1.54) is 109 Å². The molecule has 17 nitrogen and oxygen atoms in total. The third-order valence-corrected chi connectivity index (χ3v) is 16.8. The van der Waals surface area contributed by atoms with Gasteiger partial charge < -0.3 is 33.8 Å². The summed E-state index contributed by atoms with van der Waals surface area (Å²) in [4.78, 5) is 72.2. The van der Waals surface area contributed by atoms with E-state index in [-0.39, 0.29) is 25.7 Å². The molecule has 0 fully saturated rings. The Morgan fingerprint density at radius 3 is 0.855 bits per heavy atom. The van der Waals surface area contributed by atoms with E-state index >= 15 is 0 Å². The maximum absolute atomic E-state index is 13.0. The summed E-state index contributed by atoms with van der Waals surface area (Å²) in [5.41, 5.74) is 0. The smallest absolute Gasteiger partial charge is 0.462 e. The van der Waals surface area contributed by atoms with E-state index in [0.29, 0.717) is 31.6 Å². The first-order chi connectivity index (χ1) is 39.6. The normalized spacial score (nSPS) is 14.8. The lowest BCUT2D eigenvalue weighted by molar-refractivity contribution is -0.161. The lowest BCUT2D eigenvalue weighted by Crippen LogP contribution is -2.30. The summed E-state index contributed by atoms with van der Waals surface area (Å²) in [7, 11) is -9.89. The van der Waals surface area contributed by atoms with Gasteiger partial charge in [-0.25, -0.2) is 9.13 Å². The lowest BCUT2D eigenvalue weighted by atomic mass is 10.00. The fourth-order valence-corrected chi connectivity index (χ4v) is 11.0. The second-order valence-corrected chi connectivity index (χ2v) is 27.7. The summed E-state index contributed by atoms with van der Waals surface area (Å²) in [6.45, 7) is 13.9. The van der Waals surface area contributed by atoms with E-state index in [1.807, 2.05) is 0 Å². The minimum Gasteiger partial charge on any atom is -0.462 e. The molecule has 0 aliphatic carbocycles. The van der Waals surface area contributed by atoms with E-state index in [2.05, 4.69) is 55.4 Å². The Morgan fingerprint density at radius 2 is 0.578 bits per heavy atom. The standard InChI is InChI=1S/C64H124O17P2/c1-9-57(8)43-35-27-21-23-31-39-47-64(69)81-60(51-75-62(67)45-37-29-19-15-14-17-25-33-41-55(4)5)53-79-83(72,73)77-49-58(65)48-76-82(70,71)78-52-59(80-63(68)46-38-30-22-20-26-34-42-56(6)7)50-74-61(66)44-36-28-18-13-11-10-12-16-24-32-40-54(2)3/h54-60,65H,9-53H2,1-8H3,(H,70,71)(H,72,73)/t57?,58?,59-,60-/m1/s1. The van der Waals surface area contributed by atoms with Gasteiger partial charge in [0, 0.05) is 25.7 Å². The number of aliphatic hydroxyl groups is 1. The summed E-state index contributed by atoms with van der Waals surface area (Å²) in [6, 6.07) is 0. The van der Waals surface area contributed by atoms with E-state index < -0.39 is 97.5 Å². The second kappa shape index (κ2) is 54.2. The van der Waals surface area contributed by atoms with Crippen LogP contribution in [0.1, 0.15) is 306 Å². The molecule has 83 heavy (non-hydrogen) atoms. The van der Waals surface area contributed by atoms with Crippen LogP contribution in [0.4, 0.5) is 0 Å². The molecule has 3 N–H and O–H groups in total. The van der Waals surface area contributed by atoms with Crippen LogP contribution >= 0.6 is 15.6 Å². The molecule has 0 radical (unpaired) electrons. The Kier molecular flexibility index (Phi) is 53.0. The predicted molar refractivity (Wildman–Crippen MR) is 331 cm³/mol. The Hall–Kier alpha value is -1.94. The molecule has 0 aliphatic rings. The van der Waals surface area contributed by atoms with Crippen LogP contribution in [-0.4, -0.2) is 96.7 Å². The summed E-state index contributed by atoms with van der Waals surface area (Å²) < 4.78 is 67.9. The first-order valence-corrected chi connectivity index (χ1v) is 36.2. The molecule has 0 spiro atoms. The number of aliphatic hydroxyl groups excluding tert-OH is 1. The fraction of sp³-hybridized carbons (Fsp3) is 0.938. The van der Waals surface area contributed by atoms with Crippen LogP contribution in [0.15, 0.2) is 0 Å². The van der Waals surface area contributed by atoms with Crippen molar-refractivity contribution >= 4 is 39.5 Å². The van der Waals surface area contributed by atoms with Crippen LogP contribution in [0.3, 0.4) is 0 Å². The molecular weight excluding hydrogens is 1100 g/mol. The van der Waals surface area contributed by atoms with Gasteiger partial charge in [0.1, 0.15) is 19.3 Å². The van der Waals surface area contributed by atoms with Gasteiger partial charge in [-0.3, -0.25) is 37.3 Å². The third kappa shape index (κ3) is 57.6. The van der Waals surface area contributed by atoms with Crippen molar-refractivity contribution in [2.24, 2.45) is 23.7 Å². The average molecular weight is 1230 g/mol. The highest BCUT2D eigenvalue weighted by Crippen LogP contribution is 2.45. The largest absolute Gasteiger partial charge is 0.472 e. The average Bonchev–Trinajstić information content (AvgIpc) is 3.43. The number of phosphoric ester groups is 2. The van der Waals surface area contributed by atoms with Gasteiger partial charge in [0.15, 0.2) is 12.2 Å². The number of carbonyl (C=O) groups is 4. The van der Waals surface area contributed by atoms with Crippen molar-refractivity contribution in [3.05, 3.63) is 0 Å². The number of hydrogen-bond acceptors (Lipinski definition) is 15. The Bertz CT molecular complexity index is 1660. The van der Waals surface area contributed by atoms with Gasteiger partial charge in [0.25, 0.3) is 0 Å². The van der Waals surface area contributed by atoms with Gasteiger partial charge in [-0.1, -0.05) is 254 Å². The molecule has 4 unspecified atom stereocenters. The van der Waals surface area contributed by atoms with E-state index in [0.717, 1.165) is 108 Å². The van der Waals surface area contributed by atoms with Gasteiger partial charge in [-0.15, -0.1) is 0 Å². The van der Waals surface area contributed by atoms with Crippen LogP contribution in [0.2, 0.25) is 0 Å².